The van der Waals surface area contributed by atoms with E-state index in [2.05, 4.69) is 49.2 Å². The number of benzene rings is 1. The van der Waals surface area contributed by atoms with Crippen molar-refractivity contribution in [1.29, 1.82) is 0 Å². The van der Waals surface area contributed by atoms with Crippen molar-refractivity contribution < 1.29 is 0 Å². The Morgan fingerprint density at radius 1 is 1.19 bits per heavy atom. The lowest BCUT2D eigenvalue weighted by Crippen LogP contribution is -2.35. The van der Waals surface area contributed by atoms with E-state index in [0.717, 1.165) is 23.5 Å². The minimum absolute atomic E-state index is 0.119. The summed E-state index contributed by atoms with van der Waals surface area (Å²) in [5.74, 6) is 0.923. The van der Waals surface area contributed by atoms with Crippen LogP contribution in [0.4, 0.5) is 5.69 Å². The summed E-state index contributed by atoms with van der Waals surface area (Å²) in [5.41, 5.74) is 2.63. The molecule has 1 aromatic rings. The zero-order valence-corrected chi connectivity index (χ0v) is 14.2. The number of hydrogen-bond donors (Lipinski definition) is 1. The van der Waals surface area contributed by atoms with Crippen LogP contribution in [0.3, 0.4) is 0 Å². The quantitative estimate of drug-likeness (QED) is 0.826. The molecule has 0 atom stereocenters. The maximum atomic E-state index is 6.51. The van der Waals surface area contributed by atoms with Gasteiger partial charge < -0.3 is 10.2 Å². The standard InChI is InChI=1S/C18H27ClN2/c1-18(2,3)20-11-14-6-7-16(10-17(14)19)21(15-8-9-15)12-13-4-5-13/h6-7,10,13,15,20H,4-5,8-9,11-12H2,1-3H3. The summed E-state index contributed by atoms with van der Waals surface area (Å²) in [6.45, 7) is 8.59. The molecule has 1 aromatic carbocycles. The second-order valence-electron chi connectivity index (χ2n) is 7.71. The van der Waals surface area contributed by atoms with Crippen LogP contribution in [0.2, 0.25) is 5.02 Å². The minimum Gasteiger partial charge on any atom is -0.368 e. The Morgan fingerprint density at radius 3 is 2.43 bits per heavy atom. The van der Waals surface area contributed by atoms with Crippen molar-refractivity contribution in [3.8, 4) is 0 Å². The molecule has 3 heteroatoms. The van der Waals surface area contributed by atoms with Gasteiger partial charge in [-0.1, -0.05) is 17.7 Å². The lowest BCUT2D eigenvalue weighted by molar-refractivity contribution is 0.424. The van der Waals surface area contributed by atoms with Gasteiger partial charge in [-0.25, -0.2) is 0 Å². The molecular weight excluding hydrogens is 280 g/mol. The van der Waals surface area contributed by atoms with Gasteiger partial charge >= 0.3 is 0 Å². The highest BCUT2D eigenvalue weighted by Gasteiger charge is 2.33. The number of halogens is 1. The van der Waals surface area contributed by atoms with Gasteiger partial charge in [-0.15, -0.1) is 0 Å². The van der Waals surface area contributed by atoms with Crippen LogP contribution in [0.15, 0.2) is 18.2 Å². The second-order valence-corrected chi connectivity index (χ2v) is 8.11. The molecule has 2 aliphatic rings. The van der Waals surface area contributed by atoms with Gasteiger partial charge in [0.15, 0.2) is 0 Å². The van der Waals surface area contributed by atoms with Crippen LogP contribution in [-0.2, 0) is 6.54 Å². The fraction of sp³-hybridized carbons (Fsp3) is 0.667. The van der Waals surface area contributed by atoms with E-state index in [9.17, 15) is 0 Å². The first-order chi connectivity index (χ1) is 9.92. The van der Waals surface area contributed by atoms with Crippen molar-refractivity contribution in [1.82, 2.24) is 5.32 Å². The molecule has 0 spiro atoms. The van der Waals surface area contributed by atoms with Crippen LogP contribution in [0.1, 0.15) is 52.0 Å². The fourth-order valence-electron chi connectivity index (χ4n) is 2.65. The van der Waals surface area contributed by atoms with Gasteiger partial charge in [-0.2, -0.15) is 0 Å². The SMILES string of the molecule is CC(C)(C)NCc1ccc(N(CC2CC2)C2CC2)cc1Cl. The first-order valence-electron chi connectivity index (χ1n) is 8.22. The zero-order chi connectivity index (χ0) is 15.0. The molecule has 1 N–H and O–H groups in total. The topological polar surface area (TPSA) is 15.3 Å². The normalized spacial score (nSPS) is 18.9. The molecule has 2 nitrogen and oxygen atoms in total. The summed E-state index contributed by atoms with van der Waals surface area (Å²) in [6, 6.07) is 7.38. The Labute approximate surface area is 133 Å². The largest absolute Gasteiger partial charge is 0.368 e. The smallest absolute Gasteiger partial charge is 0.0471 e. The summed E-state index contributed by atoms with van der Waals surface area (Å²) < 4.78 is 0. The third kappa shape index (κ3) is 4.37. The molecular formula is C18H27ClN2. The molecule has 0 aromatic heterocycles. The first-order valence-corrected chi connectivity index (χ1v) is 8.60. The van der Waals surface area contributed by atoms with E-state index in [1.165, 1.54) is 43.5 Å². The minimum atomic E-state index is 0.119. The molecule has 0 radical (unpaired) electrons. The monoisotopic (exact) mass is 306 g/mol. The van der Waals surface area contributed by atoms with Crippen molar-refractivity contribution >= 4 is 17.3 Å². The molecule has 0 unspecified atom stereocenters. The Morgan fingerprint density at radius 2 is 1.90 bits per heavy atom. The van der Waals surface area contributed by atoms with E-state index in [-0.39, 0.29) is 5.54 Å². The fourth-order valence-corrected chi connectivity index (χ4v) is 2.89. The van der Waals surface area contributed by atoms with Crippen LogP contribution in [-0.4, -0.2) is 18.1 Å². The first kappa shape index (κ1) is 15.2. The van der Waals surface area contributed by atoms with Gasteiger partial charge in [0.05, 0.1) is 0 Å². The zero-order valence-electron chi connectivity index (χ0n) is 13.5. The maximum absolute atomic E-state index is 6.51. The van der Waals surface area contributed by atoms with Gasteiger partial charge in [0.25, 0.3) is 0 Å². The Kier molecular flexibility index (Phi) is 4.20. The second kappa shape index (κ2) is 5.81. The summed E-state index contributed by atoms with van der Waals surface area (Å²) in [5, 5.41) is 4.40. The molecule has 21 heavy (non-hydrogen) atoms. The highest BCUT2D eigenvalue weighted by Crippen LogP contribution is 2.38. The molecule has 2 saturated carbocycles. The Bertz CT molecular complexity index is 498. The van der Waals surface area contributed by atoms with E-state index in [1.54, 1.807) is 0 Å². The summed E-state index contributed by atoms with van der Waals surface area (Å²) in [7, 11) is 0. The molecule has 116 valence electrons. The molecule has 0 saturated heterocycles. The van der Waals surface area contributed by atoms with Gasteiger partial charge in [0, 0.05) is 35.4 Å². The van der Waals surface area contributed by atoms with E-state index < -0.39 is 0 Å². The third-order valence-electron chi connectivity index (χ3n) is 4.32. The Balaban J connectivity index is 1.69. The van der Waals surface area contributed by atoms with Crippen molar-refractivity contribution in [3.63, 3.8) is 0 Å². The van der Waals surface area contributed by atoms with E-state index >= 15 is 0 Å². The average Bonchev–Trinajstić information content (AvgIpc) is 3.24. The van der Waals surface area contributed by atoms with Crippen molar-refractivity contribution in [2.75, 3.05) is 11.4 Å². The van der Waals surface area contributed by atoms with E-state index in [0.29, 0.717) is 0 Å². The predicted octanol–water partition coefficient (Wildman–Crippen LogP) is 4.61. The average molecular weight is 307 g/mol. The van der Waals surface area contributed by atoms with Gasteiger partial charge in [0.2, 0.25) is 0 Å². The van der Waals surface area contributed by atoms with E-state index in [1.807, 2.05) is 0 Å². The number of nitrogens with zero attached hydrogens (tertiary/aromatic N) is 1. The molecule has 0 bridgehead atoms. The van der Waals surface area contributed by atoms with Crippen molar-refractivity contribution in [3.05, 3.63) is 28.8 Å². The number of nitrogens with one attached hydrogen (secondary N) is 1. The number of hydrogen-bond acceptors (Lipinski definition) is 2. The van der Waals surface area contributed by atoms with Crippen molar-refractivity contribution in [2.45, 2.75) is 64.6 Å². The molecule has 2 aliphatic carbocycles. The number of rotatable bonds is 6. The lowest BCUT2D eigenvalue weighted by atomic mass is 10.1. The van der Waals surface area contributed by atoms with Crippen LogP contribution in [0, 0.1) is 5.92 Å². The molecule has 2 fully saturated rings. The van der Waals surface area contributed by atoms with Gasteiger partial charge in [-0.3, -0.25) is 0 Å². The molecule has 0 aliphatic heterocycles. The van der Waals surface area contributed by atoms with Crippen LogP contribution in [0.25, 0.3) is 0 Å². The van der Waals surface area contributed by atoms with Crippen molar-refractivity contribution in [2.24, 2.45) is 5.92 Å². The molecule has 0 heterocycles. The number of anilines is 1. The third-order valence-corrected chi connectivity index (χ3v) is 4.67. The lowest BCUT2D eigenvalue weighted by Gasteiger charge is -2.26. The Hall–Kier alpha value is -0.730. The van der Waals surface area contributed by atoms with Crippen LogP contribution in [0.5, 0.6) is 0 Å². The van der Waals surface area contributed by atoms with Gasteiger partial charge in [-0.05, 0) is 70.1 Å². The highest BCUT2D eigenvalue weighted by atomic mass is 35.5. The summed E-state index contributed by atoms with van der Waals surface area (Å²) in [4.78, 5) is 2.59. The highest BCUT2D eigenvalue weighted by molar-refractivity contribution is 6.31. The molecule has 3 rings (SSSR count). The summed E-state index contributed by atoms with van der Waals surface area (Å²) in [6.07, 6.45) is 5.50. The van der Waals surface area contributed by atoms with Crippen LogP contribution >= 0.6 is 11.6 Å². The molecule has 0 amide bonds. The van der Waals surface area contributed by atoms with E-state index in [4.69, 9.17) is 11.6 Å². The predicted molar refractivity (Wildman–Crippen MR) is 91.1 cm³/mol. The summed E-state index contributed by atoms with van der Waals surface area (Å²) >= 11 is 6.51. The van der Waals surface area contributed by atoms with Crippen LogP contribution < -0.4 is 10.2 Å². The van der Waals surface area contributed by atoms with Gasteiger partial charge in [0.1, 0.15) is 0 Å². The maximum Gasteiger partial charge on any atom is 0.0471 e.